The summed E-state index contributed by atoms with van der Waals surface area (Å²) in [6, 6.07) is 3.67. The van der Waals surface area contributed by atoms with Crippen LogP contribution in [0.25, 0.3) is 0 Å². The summed E-state index contributed by atoms with van der Waals surface area (Å²) >= 11 is -2.40. The van der Waals surface area contributed by atoms with Crippen LogP contribution in [0.1, 0.15) is 20.7 Å². The van der Waals surface area contributed by atoms with Gasteiger partial charge in [-0.25, -0.2) is 13.8 Å². The van der Waals surface area contributed by atoms with Crippen molar-refractivity contribution >= 4 is 23.0 Å². The van der Waals surface area contributed by atoms with Gasteiger partial charge in [0.1, 0.15) is 0 Å². The van der Waals surface area contributed by atoms with E-state index in [2.05, 4.69) is 9.47 Å². The van der Waals surface area contributed by atoms with Crippen LogP contribution in [-0.2, 0) is 20.6 Å². The predicted octanol–water partition coefficient (Wildman–Crippen LogP) is 0.840. The van der Waals surface area contributed by atoms with E-state index in [1.807, 2.05) is 0 Å². The van der Waals surface area contributed by atoms with Gasteiger partial charge < -0.3 is 14.0 Å². The van der Waals surface area contributed by atoms with Gasteiger partial charge in [0, 0.05) is 0 Å². The average molecular weight is 258 g/mol. The second-order valence-corrected chi connectivity index (χ2v) is 3.88. The number of carbonyl (C=O) groups is 2. The minimum Gasteiger partial charge on any atom is -0.465 e. The Morgan fingerprint density at radius 1 is 1.18 bits per heavy atom. The Morgan fingerprint density at radius 3 is 2.24 bits per heavy atom. The van der Waals surface area contributed by atoms with Gasteiger partial charge in [-0.3, -0.25) is 0 Å². The largest absolute Gasteiger partial charge is 0.465 e. The van der Waals surface area contributed by atoms with Crippen molar-refractivity contribution in [1.29, 1.82) is 0 Å². The van der Waals surface area contributed by atoms with Crippen LogP contribution in [0.4, 0.5) is 0 Å². The lowest BCUT2D eigenvalue weighted by molar-refractivity contribution is 0.0583. The Hall–Kier alpha value is -1.73. The fraction of sp³-hybridized carbons (Fsp3) is 0.200. The summed E-state index contributed by atoms with van der Waals surface area (Å²) in [5.74, 6) is -1.41. The van der Waals surface area contributed by atoms with Crippen LogP contribution in [-0.4, -0.2) is 34.9 Å². The number of methoxy groups -OCH3 is 2. The van der Waals surface area contributed by atoms with Crippen molar-refractivity contribution in [3.8, 4) is 0 Å². The first kappa shape index (κ1) is 13.3. The highest BCUT2D eigenvalue weighted by atomic mass is 32.2. The van der Waals surface area contributed by atoms with E-state index in [0.29, 0.717) is 0 Å². The third-order valence-corrected chi connectivity index (χ3v) is 2.71. The van der Waals surface area contributed by atoms with E-state index in [0.717, 1.165) is 13.2 Å². The molecule has 0 aliphatic rings. The number of esters is 2. The standard InChI is InChI=1S/C10H10O6S/c1-15-9(11)6-3-4-7(10(12)16-2)8(5-6)17(13)14/h3-5H,1-2H3,(H,13,14). The maximum absolute atomic E-state index is 11.3. The molecule has 0 radical (unpaired) electrons. The Morgan fingerprint density at radius 2 is 1.76 bits per heavy atom. The predicted molar refractivity (Wildman–Crippen MR) is 58.2 cm³/mol. The molecule has 1 rings (SSSR count). The normalized spacial score (nSPS) is 11.7. The number of carbonyl (C=O) groups excluding carboxylic acids is 2. The summed E-state index contributed by atoms with van der Waals surface area (Å²) in [5.41, 5.74) is 0.0125. The first-order valence-electron chi connectivity index (χ1n) is 4.42. The molecular weight excluding hydrogens is 248 g/mol. The SMILES string of the molecule is COC(=O)c1ccc(C(=O)OC)c(S(=O)O)c1. The zero-order valence-corrected chi connectivity index (χ0v) is 9.95. The van der Waals surface area contributed by atoms with Gasteiger partial charge in [-0.2, -0.15) is 0 Å². The molecule has 0 heterocycles. The highest BCUT2D eigenvalue weighted by Gasteiger charge is 2.18. The fourth-order valence-electron chi connectivity index (χ4n) is 1.19. The lowest BCUT2D eigenvalue weighted by Crippen LogP contribution is -2.09. The topological polar surface area (TPSA) is 89.9 Å². The number of hydrogen-bond acceptors (Lipinski definition) is 5. The molecule has 1 unspecified atom stereocenters. The van der Waals surface area contributed by atoms with Gasteiger partial charge in [0.2, 0.25) is 0 Å². The molecule has 92 valence electrons. The molecule has 0 saturated carbocycles. The molecule has 0 fully saturated rings. The lowest BCUT2D eigenvalue weighted by atomic mass is 10.1. The van der Waals surface area contributed by atoms with Crippen LogP contribution in [0.15, 0.2) is 23.1 Å². The molecule has 0 saturated heterocycles. The van der Waals surface area contributed by atoms with Crippen molar-refractivity contribution in [3.63, 3.8) is 0 Å². The third-order valence-electron chi connectivity index (χ3n) is 2.00. The fourth-order valence-corrected chi connectivity index (χ4v) is 1.76. The molecule has 0 bridgehead atoms. The first-order valence-corrected chi connectivity index (χ1v) is 5.53. The summed E-state index contributed by atoms with van der Waals surface area (Å²) in [4.78, 5) is 22.3. The van der Waals surface area contributed by atoms with Crippen molar-refractivity contribution in [2.45, 2.75) is 4.90 Å². The van der Waals surface area contributed by atoms with Crippen LogP contribution < -0.4 is 0 Å². The van der Waals surface area contributed by atoms with Crippen LogP contribution in [0, 0.1) is 0 Å². The van der Waals surface area contributed by atoms with Gasteiger partial charge in [-0.1, -0.05) is 0 Å². The van der Waals surface area contributed by atoms with Crippen LogP contribution in [0.5, 0.6) is 0 Å². The minimum atomic E-state index is -2.40. The van der Waals surface area contributed by atoms with Gasteiger partial charge in [0.25, 0.3) is 0 Å². The number of ether oxygens (including phenoxy) is 2. The number of rotatable bonds is 3. The summed E-state index contributed by atoms with van der Waals surface area (Å²) < 4.78 is 29.0. The van der Waals surface area contributed by atoms with Crippen molar-refractivity contribution in [2.75, 3.05) is 14.2 Å². The van der Waals surface area contributed by atoms with Gasteiger partial charge >= 0.3 is 11.9 Å². The molecule has 0 aliphatic heterocycles. The van der Waals surface area contributed by atoms with E-state index >= 15 is 0 Å². The molecule has 17 heavy (non-hydrogen) atoms. The molecule has 1 aromatic carbocycles. The Kier molecular flexibility index (Phi) is 4.36. The molecule has 0 aromatic heterocycles. The monoisotopic (exact) mass is 258 g/mol. The highest BCUT2D eigenvalue weighted by Crippen LogP contribution is 2.17. The lowest BCUT2D eigenvalue weighted by Gasteiger charge is -2.06. The van der Waals surface area contributed by atoms with E-state index in [9.17, 15) is 13.8 Å². The third kappa shape index (κ3) is 2.89. The molecule has 7 heteroatoms. The maximum atomic E-state index is 11.3. The molecule has 0 aliphatic carbocycles. The number of benzene rings is 1. The van der Waals surface area contributed by atoms with Crippen molar-refractivity contribution < 1.29 is 27.8 Å². The molecule has 1 N–H and O–H groups in total. The van der Waals surface area contributed by atoms with E-state index in [1.54, 1.807) is 0 Å². The zero-order valence-electron chi connectivity index (χ0n) is 9.13. The molecule has 1 atom stereocenters. The molecule has 1 aromatic rings. The summed E-state index contributed by atoms with van der Waals surface area (Å²) in [7, 11) is 2.34. The Bertz CT molecular complexity index is 482. The Labute approximate surface area is 99.8 Å². The molecule has 6 nitrogen and oxygen atoms in total. The van der Waals surface area contributed by atoms with Crippen molar-refractivity contribution in [2.24, 2.45) is 0 Å². The Balaban J connectivity index is 3.32. The van der Waals surface area contributed by atoms with E-state index in [-0.39, 0.29) is 16.0 Å². The summed E-state index contributed by atoms with van der Waals surface area (Å²) in [6.45, 7) is 0. The van der Waals surface area contributed by atoms with E-state index < -0.39 is 23.0 Å². The molecular formula is C10H10O6S. The number of hydrogen-bond donors (Lipinski definition) is 1. The van der Waals surface area contributed by atoms with Gasteiger partial charge in [0.05, 0.1) is 30.2 Å². The van der Waals surface area contributed by atoms with Crippen LogP contribution in [0.3, 0.4) is 0 Å². The second kappa shape index (κ2) is 5.55. The summed E-state index contributed by atoms with van der Waals surface area (Å²) in [5, 5.41) is 0. The smallest absolute Gasteiger partial charge is 0.339 e. The van der Waals surface area contributed by atoms with Crippen molar-refractivity contribution in [3.05, 3.63) is 29.3 Å². The quantitative estimate of drug-likeness (QED) is 0.638. The second-order valence-electron chi connectivity index (χ2n) is 2.94. The average Bonchev–Trinajstić information content (AvgIpc) is 2.35. The minimum absolute atomic E-state index is 0.0685. The zero-order chi connectivity index (χ0) is 13.0. The first-order chi connectivity index (χ1) is 8.01. The van der Waals surface area contributed by atoms with E-state index in [4.69, 9.17) is 4.55 Å². The van der Waals surface area contributed by atoms with E-state index in [1.165, 1.54) is 19.2 Å². The summed E-state index contributed by atoms with van der Waals surface area (Å²) in [6.07, 6.45) is 0. The highest BCUT2D eigenvalue weighted by molar-refractivity contribution is 7.79. The van der Waals surface area contributed by atoms with Gasteiger partial charge in [-0.05, 0) is 18.2 Å². The van der Waals surface area contributed by atoms with Gasteiger partial charge in [0.15, 0.2) is 11.1 Å². The van der Waals surface area contributed by atoms with Crippen LogP contribution >= 0.6 is 0 Å². The van der Waals surface area contributed by atoms with Gasteiger partial charge in [-0.15, -0.1) is 0 Å². The van der Waals surface area contributed by atoms with Crippen molar-refractivity contribution in [1.82, 2.24) is 0 Å². The van der Waals surface area contributed by atoms with Crippen LogP contribution in [0.2, 0.25) is 0 Å². The molecule has 0 spiro atoms. The maximum Gasteiger partial charge on any atom is 0.339 e. The molecule has 0 amide bonds.